The van der Waals surface area contributed by atoms with Crippen molar-refractivity contribution in [1.82, 2.24) is 10.6 Å². The van der Waals surface area contributed by atoms with Crippen LogP contribution < -0.4 is 10.6 Å². The van der Waals surface area contributed by atoms with Crippen LogP contribution in [0.3, 0.4) is 0 Å². The minimum atomic E-state index is -1.26. The zero-order valence-corrected chi connectivity index (χ0v) is 9.52. The van der Waals surface area contributed by atoms with E-state index in [-0.39, 0.29) is 0 Å². The van der Waals surface area contributed by atoms with Gasteiger partial charge < -0.3 is 25.6 Å². The second-order valence-electron chi connectivity index (χ2n) is 3.98. The predicted molar refractivity (Wildman–Crippen MR) is 58.6 cm³/mol. The third-order valence-electron chi connectivity index (χ3n) is 2.68. The minimum Gasteiger partial charge on any atom is -0.480 e. The van der Waals surface area contributed by atoms with E-state index in [0.29, 0.717) is 25.7 Å². The summed E-state index contributed by atoms with van der Waals surface area (Å²) in [5.74, 6) is -0.888. The Bertz CT molecular complexity index is 265. The molecule has 0 saturated carbocycles. The molecule has 7 heteroatoms. The summed E-state index contributed by atoms with van der Waals surface area (Å²) < 4.78 is 5.18. The summed E-state index contributed by atoms with van der Waals surface area (Å²) in [7, 11) is 0. The second-order valence-corrected chi connectivity index (χ2v) is 3.98. The number of aliphatic hydroxyl groups excluding tert-OH is 1. The number of hydrogen-bond acceptors (Lipinski definition) is 4. The molecular weight excluding hydrogens is 228 g/mol. The molecule has 7 nitrogen and oxygen atoms in total. The molecule has 1 fully saturated rings. The fourth-order valence-electron chi connectivity index (χ4n) is 1.58. The van der Waals surface area contributed by atoms with Gasteiger partial charge in [-0.25, -0.2) is 9.59 Å². The van der Waals surface area contributed by atoms with Crippen LogP contribution >= 0.6 is 0 Å². The highest BCUT2D eigenvalue weighted by molar-refractivity contribution is 5.82. The summed E-state index contributed by atoms with van der Waals surface area (Å²) >= 11 is 0. The number of aliphatic hydroxyl groups is 1. The summed E-state index contributed by atoms with van der Waals surface area (Å²) in [5.41, 5.74) is 0. The maximum absolute atomic E-state index is 11.3. The third-order valence-corrected chi connectivity index (χ3v) is 2.68. The van der Waals surface area contributed by atoms with E-state index >= 15 is 0 Å². The number of urea groups is 1. The summed E-state index contributed by atoms with van der Waals surface area (Å²) in [6.07, 6.45) is 1.78. The lowest BCUT2D eigenvalue weighted by Gasteiger charge is -2.22. The molecule has 17 heavy (non-hydrogen) atoms. The largest absolute Gasteiger partial charge is 0.480 e. The Hall–Kier alpha value is -1.34. The first-order valence-electron chi connectivity index (χ1n) is 5.59. The van der Waals surface area contributed by atoms with Gasteiger partial charge in [0.05, 0.1) is 6.61 Å². The van der Waals surface area contributed by atoms with Crippen LogP contribution in [0.25, 0.3) is 0 Å². The van der Waals surface area contributed by atoms with Gasteiger partial charge in [0, 0.05) is 19.8 Å². The highest BCUT2D eigenvalue weighted by Crippen LogP contribution is 2.12. The SMILES string of the molecule is O=C(NCC1CCOCC1)NC(CO)C(=O)O. The molecule has 0 spiro atoms. The molecule has 1 saturated heterocycles. The zero-order chi connectivity index (χ0) is 12.7. The van der Waals surface area contributed by atoms with E-state index in [1.165, 1.54) is 0 Å². The lowest BCUT2D eigenvalue weighted by Crippen LogP contribution is -2.49. The number of carbonyl (C=O) groups excluding carboxylic acids is 1. The lowest BCUT2D eigenvalue weighted by molar-refractivity contribution is -0.140. The first-order valence-corrected chi connectivity index (χ1v) is 5.59. The van der Waals surface area contributed by atoms with E-state index in [4.69, 9.17) is 14.9 Å². The molecular formula is C10H18N2O5. The number of hydrogen-bond donors (Lipinski definition) is 4. The van der Waals surface area contributed by atoms with E-state index in [0.717, 1.165) is 12.8 Å². The van der Waals surface area contributed by atoms with Gasteiger partial charge >= 0.3 is 12.0 Å². The lowest BCUT2D eigenvalue weighted by atomic mass is 10.0. The van der Waals surface area contributed by atoms with Crippen LogP contribution in [0.1, 0.15) is 12.8 Å². The molecule has 0 radical (unpaired) electrons. The number of nitrogens with one attached hydrogen (secondary N) is 2. The number of rotatable bonds is 5. The normalized spacial score (nSPS) is 18.4. The van der Waals surface area contributed by atoms with E-state index in [1.807, 2.05) is 0 Å². The Morgan fingerprint density at radius 3 is 2.53 bits per heavy atom. The molecule has 4 N–H and O–H groups in total. The Balaban J connectivity index is 2.21. The number of amides is 2. The van der Waals surface area contributed by atoms with Gasteiger partial charge in [-0.15, -0.1) is 0 Å². The van der Waals surface area contributed by atoms with Gasteiger partial charge in [0.15, 0.2) is 6.04 Å². The summed E-state index contributed by atoms with van der Waals surface area (Å²) in [4.78, 5) is 21.9. The molecule has 1 heterocycles. The first-order chi connectivity index (χ1) is 8.13. The molecule has 0 aromatic rings. The monoisotopic (exact) mass is 246 g/mol. The average Bonchev–Trinajstić information content (AvgIpc) is 2.34. The number of carbonyl (C=O) groups is 2. The van der Waals surface area contributed by atoms with E-state index in [2.05, 4.69) is 10.6 Å². The van der Waals surface area contributed by atoms with Crippen molar-refractivity contribution in [2.24, 2.45) is 5.92 Å². The molecule has 1 unspecified atom stereocenters. The highest BCUT2D eigenvalue weighted by Gasteiger charge is 2.19. The van der Waals surface area contributed by atoms with Gasteiger partial charge in [-0.3, -0.25) is 0 Å². The average molecular weight is 246 g/mol. The fourth-order valence-corrected chi connectivity index (χ4v) is 1.58. The molecule has 1 aliphatic heterocycles. The Kier molecular flexibility index (Phi) is 5.71. The van der Waals surface area contributed by atoms with Crippen LogP contribution in [-0.4, -0.2) is 54.6 Å². The highest BCUT2D eigenvalue weighted by atomic mass is 16.5. The standard InChI is InChI=1S/C10H18N2O5/c13-6-8(9(14)15)12-10(16)11-5-7-1-3-17-4-2-7/h7-8,13H,1-6H2,(H,14,15)(H2,11,12,16). The smallest absolute Gasteiger partial charge is 0.328 e. The van der Waals surface area contributed by atoms with Crippen LogP contribution in [0, 0.1) is 5.92 Å². The molecule has 2 amide bonds. The number of aliphatic carboxylic acids is 1. The van der Waals surface area contributed by atoms with Gasteiger partial charge in [-0.1, -0.05) is 0 Å². The number of carboxylic acid groups (broad SMARTS) is 1. The van der Waals surface area contributed by atoms with Gasteiger partial charge in [0.1, 0.15) is 0 Å². The van der Waals surface area contributed by atoms with Gasteiger partial charge in [-0.05, 0) is 18.8 Å². The quantitative estimate of drug-likeness (QED) is 0.506. The Morgan fingerprint density at radius 2 is 2.00 bits per heavy atom. The Morgan fingerprint density at radius 1 is 1.35 bits per heavy atom. The summed E-state index contributed by atoms with van der Waals surface area (Å²) in [6, 6.07) is -1.83. The fraction of sp³-hybridized carbons (Fsp3) is 0.800. The van der Waals surface area contributed by atoms with Crippen LogP contribution in [0.4, 0.5) is 4.79 Å². The summed E-state index contributed by atoms with van der Waals surface area (Å²) in [5, 5.41) is 22.1. The van der Waals surface area contributed by atoms with Crippen molar-refractivity contribution < 1.29 is 24.5 Å². The molecule has 1 aliphatic rings. The number of carboxylic acids is 1. The van der Waals surface area contributed by atoms with Crippen molar-refractivity contribution in [3.05, 3.63) is 0 Å². The van der Waals surface area contributed by atoms with Crippen molar-refractivity contribution in [3.63, 3.8) is 0 Å². The van der Waals surface area contributed by atoms with Gasteiger partial charge in [0.2, 0.25) is 0 Å². The van der Waals surface area contributed by atoms with Crippen molar-refractivity contribution in [1.29, 1.82) is 0 Å². The third kappa shape index (κ3) is 5.01. The molecule has 0 aromatic heterocycles. The van der Waals surface area contributed by atoms with Crippen LogP contribution in [0.5, 0.6) is 0 Å². The predicted octanol–water partition coefficient (Wildman–Crippen LogP) is -0.842. The van der Waals surface area contributed by atoms with Crippen LogP contribution in [-0.2, 0) is 9.53 Å². The zero-order valence-electron chi connectivity index (χ0n) is 9.52. The van der Waals surface area contributed by atoms with Crippen LogP contribution in [0.15, 0.2) is 0 Å². The van der Waals surface area contributed by atoms with Crippen molar-refractivity contribution in [2.45, 2.75) is 18.9 Å². The maximum Gasteiger partial charge on any atom is 0.328 e. The maximum atomic E-state index is 11.3. The Labute approximate surface area is 99.1 Å². The van der Waals surface area contributed by atoms with E-state index in [1.54, 1.807) is 0 Å². The molecule has 0 bridgehead atoms. The van der Waals surface area contributed by atoms with E-state index < -0.39 is 24.6 Å². The first kappa shape index (κ1) is 13.7. The summed E-state index contributed by atoms with van der Waals surface area (Å²) in [6.45, 7) is 1.26. The number of ether oxygens (including phenoxy) is 1. The van der Waals surface area contributed by atoms with Crippen LogP contribution in [0.2, 0.25) is 0 Å². The van der Waals surface area contributed by atoms with Gasteiger partial charge in [-0.2, -0.15) is 0 Å². The second kappa shape index (κ2) is 7.08. The van der Waals surface area contributed by atoms with Crippen molar-refractivity contribution in [2.75, 3.05) is 26.4 Å². The minimum absolute atomic E-state index is 0.368. The van der Waals surface area contributed by atoms with E-state index in [9.17, 15) is 9.59 Å². The van der Waals surface area contributed by atoms with Gasteiger partial charge in [0.25, 0.3) is 0 Å². The molecule has 0 aromatic carbocycles. The molecule has 1 atom stereocenters. The molecule has 98 valence electrons. The van der Waals surface area contributed by atoms with Crippen molar-refractivity contribution >= 4 is 12.0 Å². The van der Waals surface area contributed by atoms with Crippen molar-refractivity contribution in [3.8, 4) is 0 Å². The molecule has 0 aliphatic carbocycles. The molecule has 1 rings (SSSR count). The topological polar surface area (TPSA) is 108 Å².